The number of benzene rings is 2. The number of hydrogen-bond acceptors (Lipinski definition) is 5. The maximum absolute atomic E-state index is 12.8. The SMILES string of the molecule is COC1=CC(=O)C(=O)c2c1cc1c(c2OCc2ccccc2)C[C@@H](C)O[C@@H]1C. The first-order chi connectivity index (χ1) is 13.5. The molecular weight excluding hydrogens is 356 g/mol. The Labute approximate surface area is 163 Å². The molecule has 28 heavy (non-hydrogen) atoms. The molecule has 0 radical (unpaired) electrons. The third-order valence-corrected chi connectivity index (χ3v) is 5.21. The largest absolute Gasteiger partial charge is 0.496 e. The predicted octanol–water partition coefficient (Wildman–Crippen LogP) is 4.04. The molecule has 0 unspecified atom stereocenters. The molecule has 2 aromatic rings. The van der Waals surface area contributed by atoms with Crippen LogP contribution in [-0.4, -0.2) is 24.8 Å². The van der Waals surface area contributed by atoms with E-state index in [1.807, 2.05) is 50.2 Å². The lowest BCUT2D eigenvalue weighted by molar-refractivity contribution is -0.111. The summed E-state index contributed by atoms with van der Waals surface area (Å²) in [5.41, 5.74) is 3.75. The van der Waals surface area contributed by atoms with Gasteiger partial charge >= 0.3 is 0 Å². The number of fused-ring (bicyclic) bond motifs is 2. The molecule has 4 rings (SSSR count). The molecule has 1 aliphatic heterocycles. The number of rotatable bonds is 4. The minimum absolute atomic E-state index is 0.00791. The first kappa shape index (κ1) is 18.4. The molecule has 2 atom stereocenters. The maximum Gasteiger partial charge on any atom is 0.237 e. The Morgan fingerprint density at radius 2 is 1.89 bits per heavy atom. The van der Waals surface area contributed by atoms with Gasteiger partial charge in [0.15, 0.2) is 0 Å². The quantitative estimate of drug-likeness (QED) is 0.752. The van der Waals surface area contributed by atoms with Gasteiger partial charge in [-0.3, -0.25) is 9.59 Å². The van der Waals surface area contributed by atoms with Crippen molar-refractivity contribution in [3.05, 3.63) is 70.3 Å². The van der Waals surface area contributed by atoms with Crippen LogP contribution in [0.4, 0.5) is 0 Å². The average Bonchev–Trinajstić information content (AvgIpc) is 2.69. The van der Waals surface area contributed by atoms with Crippen LogP contribution in [0.3, 0.4) is 0 Å². The van der Waals surface area contributed by atoms with Crippen molar-refractivity contribution < 1.29 is 23.8 Å². The number of ketones is 2. The van der Waals surface area contributed by atoms with E-state index in [0.29, 0.717) is 35.7 Å². The zero-order valence-corrected chi connectivity index (χ0v) is 16.2. The molecular formula is C23H22O5. The zero-order chi connectivity index (χ0) is 19.8. The van der Waals surface area contributed by atoms with Crippen LogP contribution in [-0.2, 0) is 27.3 Å². The Kier molecular flexibility index (Phi) is 4.77. The standard InChI is InChI=1S/C23H22O5/c1-13-9-17-16(14(2)28-13)10-18-20(26-3)11-19(24)22(25)21(18)23(17)27-12-15-7-5-4-6-8-15/h4-8,10-11,13-14H,9,12H2,1-3H3/t13-,14-/m1/s1. The lowest BCUT2D eigenvalue weighted by atomic mass is 9.84. The van der Waals surface area contributed by atoms with Gasteiger partial charge in [-0.05, 0) is 31.0 Å². The summed E-state index contributed by atoms with van der Waals surface area (Å²) >= 11 is 0. The molecule has 1 heterocycles. The van der Waals surface area contributed by atoms with Crippen LogP contribution in [0.5, 0.6) is 5.75 Å². The van der Waals surface area contributed by atoms with Crippen molar-refractivity contribution in [1.82, 2.24) is 0 Å². The van der Waals surface area contributed by atoms with Crippen LogP contribution in [0.2, 0.25) is 0 Å². The second-order valence-electron chi connectivity index (χ2n) is 7.17. The minimum Gasteiger partial charge on any atom is -0.496 e. The highest BCUT2D eigenvalue weighted by molar-refractivity contribution is 6.51. The van der Waals surface area contributed by atoms with Crippen molar-refractivity contribution in [3.8, 4) is 5.75 Å². The third-order valence-electron chi connectivity index (χ3n) is 5.21. The van der Waals surface area contributed by atoms with E-state index < -0.39 is 11.6 Å². The van der Waals surface area contributed by atoms with Gasteiger partial charge in [-0.15, -0.1) is 0 Å². The van der Waals surface area contributed by atoms with Crippen LogP contribution < -0.4 is 4.74 Å². The number of ether oxygens (including phenoxy) is 3. The molecule has 2 aliphatic rings. The van der Waals surface area contributed by atoms with E-state index in [0.717, 1.165) is 16.7 Å². The summed E-state index contributed by atoms with van der Waals surface area (Å²) in [6, 6.07) is 11.6. The van der Waals surface area contributed by atoms with Crippen LogP contribution in [0.25, 0.3) is 5.76 Å². The number of methoxy groups -OCH3 is 1. The first-order valence-electron chi connectivity index (χ1n) is 9.36. The summed E-state index contributed by atoms with van der Waals surface area (Å²) in [5, 5.41) is 0. The molecule has 0 amide bonds. The highest BCUT2D eigenvalue weighted by atomic mass is 16.5. The first-order valence-corrected chi connectivity index (χ1v) is 9.36. The highest BCUT2D eigenvalue weighted by Crippen LogP contribution is 2.43. The summed E-state index contributed by atoms with van der Waals surface area (Å²) in [6.45, 7) is 4.28. The smallest absolute Gasteiger partial charge is 0.237 e. The summed E-state index contributed by atoms with van der Waals surface area (Å²) in [5.74, 6) is -0.312. The Morgan fingerprint density at radius 1 is 1.14 bits per heavy atom. The number of carbonyl (C=O) groups is 2. The molecule has 0 fully saturated rings. The summed E-state index contributed by atoms with van der Waals surface area (Å²) in [4.78, 5) is 25.1. The van der Waals surface area contributed by atoms with Gasteiger partial charge in [0.2, 0.25) is 11.6 Å². The second kappa shape index (κ2) is 7.24. The zero-order valence-electron chi connectivity index (χ0n) is 16.2. The summed E-state index contributed by atoms with van der Waals surface area (Å²) in [7, 11) is 1.49. The molecule has 2 aromatic carbocycles. The van der Waals surface area contributed by atoms with Crippen molar-refractivity contribution in [2.24, 2.45) is 0 Å². The van der Waals surface area contributed by atoms with Gasteiger partial charge in [0.1, 0.15) is 18.1 Å². The third kappa shape index (κ3) is 3.12. The Balaban J connectivity index is 1.89. The van der Waals surface area contributed by atoms with E-state index in [-0.39, 0.29) is 12.2 Å². The molecule has 0 bridgehead atoms. The van der Waals surface area contributed by atoms with Crippen molar-refractivity contribution in [1.29, 1.82) is 0 Å². The molecule has 0 saturated heterocycles. The normalized spacial score (nSPS) is 20.9. The van der Waals surface area contributed by atoms with Gasteiger partial charge in [-0.25, -0.2) is 0 Å². The van der Waals surface area contributed by atoms with Crippen LogP contribution >= 0.6 is 0 Å². The van der Waals surface area contributed by atoms with Crippen molar-refractivity contribution in [2.45, 2.75) is 39.1 Å². The van der Waals surface area contributed by atoms with Gasteiger partial charge in [0.05, 0.1) is 24.9 Å². The fourth-order valence-electron chi connectivity index (χ4n) is 3.91. The topological polar surface area (TPSA) is 61.8 Å². The molecule has 5 heteroatoms. The Bertz CT molecular complexity index is 974. The monoisotopic (exact) mass is 378 g/mol. The summed E-state index contributed by atoms with van der Waals surface area (Å²) < 4.78 is 17.5. The van der Waals surface area contributed by atoms with Crippen molar-refractivity contribution >= 4 is 17.3 Å². The molecule has 5 nitrogen and oxygen atoms in total. The second-order valence-corrected chi connectivity index (χ2v) is 7.17. The lowest BCUT2D eigenvalue weighted by Gasteiger charge is -2.32. The van der Waals surface area contributed by atoms with Crippen molar-refractivity contribution in [3.63, 3.8) is 0 Å². The van der Waals surface area contributed by atoms with Crippen LogP contribution in [0.1, 0.15) is 52.6 Å². The number of allylic oxidation sites excluding steroid dienone is 1. The molecule has 0 saturated carbocycles. The van der Waals surface area contributed by atoms with Gasteiger partial charge in [-0.1, -0.05) is 30.3 Å². The predicted molar refractivity (Wildman–Crippen MR) is 104 cm³/mol. The minimum atomic E-state index is -0.595. The van der Waals surface area contributed by atoms with Gasteiger partial charge in [0.25, 0.3) is 0 Å². The lowest BCUT2D eigenvalue weighted by Crippen LogP contribution is -2.27. The molecule has 0 N–H and O–H groups in total. The van der Waals surface area contributed by atoms with E-state index in [9.17, 15) is 9.59 Å². The van der Waals surface area contributed by atoms with E-state index in [2.05, 4.69) is 0 Å². The Hall–Kier alpha value is -2.92. The summed E-state index contributed by atoms with van der Waals surface area (Å²) in [6.07, 6.45) is 1.71. The molecule has 0 aromatic heterocycles. The van der Waals surface area contributed by atoms with Gasteiger partial charge < -0.3 is 14.2 Å². The van der Waals surface area contributed by atoms with E-state index >= 15 is 0 Å². The van der Waals surface area contributed by atoms with Gasteiger partial charge in [-0.2, -0.15) is 0 Å². The fourth-order valence-corrected chi connectivity index (χ4v) is 3.91. The van der Waals surface area contributed by atoms with Crippen molar-refractivity contribution in [2.75, 3.05) is 7.11 Å². The number of hydrogen-bond donors (Lipinski definition) is 0. The maximum atomic E-state index is 12.8. The number of Topliss-reactive ketones (excluding diaryl/α,β-unsaturated/α-hetero) is 1. The van der Waals surface area contributed by atoms with E-state index in [1.165, 1.54) is 13.2 Å². The molecule has 144 valence electrons. The average molecular weight is 378 g/mol. The van der Waals surface area contributed by atoms with E-state index in [1.54, 1.807) is 0 Å². The van der Waals surface area contributed by atoms with Crippen LogP contribution in [0, 0.1) is 0 Å². The van der Waals surface area contributed by atoms with Crippen LogP contribution in [0.15, 0.2) is 42.5 Å². The highest BCUT2D eigenvalue weighted by Gasteiger charge is 2.36. The molecule has 1 aliphatic carbocycles. The molecule has 0 spiro atoms. The van der Waals surface area contributed by atoms with E-state index in [4.69, 9.17) is 14.2 Å². The fraction of sp³-hybridized carbons (Fsp3) is 0.304. The Morgan fingerprint density at radius 3 is 2.61 bits per heavy atom. The van der Waals surface area contributed by atoms with Gasteiger partial charge in [0, 0.05) is 23.6 Å². The number of carbonyl (C=O) groups excluding carboxylic acids is 2.